The molecule has 0 saturated heterocycles. The van der Waals surface area contributed by atoms with E-state index in [-0.39, 0.29) is 17.1 Å². The number of esters is 2. The van der Waals surface area contributed by atoms with Gasteiger partial charge in [0.05, 0.1) is 0 Å². The summed E-state index contributed by atoms with van der Waals surface area (Å²) >= 11 is 0. The summed E-state index contributed by atoms with van der Waals surface area (Å²) in [5.74, 6) is -2.05. The van der Waals surface area contributed by atoms with Crippen LogP contribution >= 0.6 is 0 Å². The summed E-state index contributed by atoms with van der Waals surface area (Å²) in [6.45, 7) is 10.2. The van der Waals surface area contributed by atoms with Crippen LogP contribution in [0.15, 0.2) is 0 Å². The molecule has 5 N–H and O–H groups in total. The molecule has 0 saturated carbocycles. The Morgan fingerprint density at radius 2 is 1.57 bits per heavy atom. The number of nitrogens with zero attached hydrogens (tertiary/aromatic N) is 1. The van der Waals surface area contributed by atoms with E-state index in [1.54, 1.807) is 41.5 Å². The first kappa shape index (κ1) is 18.5. The zero-order chi connectivity index (χ0) is 18.0. The lowest BCUT2D eigenvalue weighted by Gasteiger charge is -2.21. The van der Waals surface area contributed by atoms with Crippen molar-refractivity contribution < 1.29 is 19.1 Å². The number of hydrogen-bond donors (Lipinski definition) is 4. The van der Waals surface area contributed by atoms with Crippen molar-refractivity contribution in [2.75, 3.05) is 5.32 Å². The summed E-state index contributed by atoms with van der Waals surface area (Å²) < 4.78 is 10.5. The highest BCUT2D eigenvalue weighted by molar-refractivity contribution is 6.07. The third-order valence-electron chi connectivity index (χ3n) is 2.23. The molecule has 1 heterocycles. The number of anilines is 1. The van der Waals surface area contributed by atoms with E-state index in [0.29, 0.717) is 0 Å². The summed E-state index contributed by atoms with van der Waals surface area (Å²) in [6, 6.07) is 0. The largest absolute Gasteiger partial charge is 0.456 e. The van der Waals surface area contributed by atoms with Gasteiger partial charge in [-0.05, 0) is 41.5 Å². The monoisotopic (exact) mass is 325 g/mol. The van der Waals surface area contributed by atoms with E-state index in [2.05, 4.69) is 15.5 Å². The molecule has 0 bridgehead atoms. The van der Waals surface area contributed by atoms with Gasteiger partial charge in [-0.3, -0.25) is 10.5 Å². The predicted octanol–water partition coefficient (Wildman–Crippen LogP) is 1.63. The van der Waals surface area contributed by atoms with Crippen molar-refractivity contribution in [3.63, 3.8) is 0 Å². The zero-order valence-electron chi connectivity index (χ0n) is 14.2. The van der Waals surface area contributed by atoms with Crippen LogP contribution in [0.5, 0.6) is 0 Å². The Bertz CT molecular complexity index is 622. The molecule has 0 spiro atoms. The topological polar surface area (TPSA) is 143 Å². The fourth-order valence-corrected chi connectivity index (χ4v) is 1.56. The molecule has 1 rings (SSSR count). The number of H-pyrrole nitrogens is 1. The highest BCUT2D eigenvalue weighted by atomic mass is 16.6. The second-order valence-electron chi connectivity index (χ2n) is 6.86. The second-order valence-corrected chi connectivity index (χ2v) is 6.86. The number of hydrogen-bond acceptors (Lipinski definition) is 6. The minimum Gasteiger partial charge on any atom is -0.456 e. The number of nitrogens with one attached hydrogen (secondary N) is 3. The molecular weight excluding hydrogens is 302 g/mol. The highest BCUT2D eigenvalue weighted by Crippen LogP contribution is 2.23. The molecule has 1 aromatic heterocycles. The first-order valence-corrected chi connectivity index (χ1v) is 6.96. The Kier molecular flexibility index (Phi) is 5.03. The lowest BCUT2D eigenvalue weighted by Crippen LogP contribution is -2.29. The van der Waals surface area contributed by atoms with Crippen LogP contribution in [-0.2, 0) is 9.47 Å². The van der Waals surface area contributed by atoms with Crippen molar-refractivity contribution in [1.82, 2.24) is 10.2 Å². The molecule has 0 aliphatic heterocycles. The maximum atomic E-state index is 12.4. The van der Waals surface area contributed by atoms with E-state index in [1.165, 1.54) is 0 Å². The van der Waals surface area contributed by atoms with Crippen LogP contribution in [0.1, 0.15) is 62.4 Å². The Morgan fingerprint density at radius 3 is 2.00 bits per heavy atom. The average molecular weight is 325 g/mol. The summed E-state index contributed by atoms with van der Waals surface area (Å²) in [5.41, 5.74) is 3.41. The number of carbonyl (C=O) groups is 2. The van der Waals surface area contributed by atoms with Crippen molar-refractivity contribution in [1.29, 1.82) is 5.41 Å². The number of carbonyl (C=O) groups excluding carboxylic acids is 2. The van der Waals surface area contributed by atoms with Crippen LogP contribution in [0.4, 0.5) is 5.82 Å². The number of guanidine groups is 1. The minimum absolute atomic E-state index is 0.0763. The van der Waals surface area contributed by atoms with Gasteiger partial charge in [-0.25, -0.2) is 9.59 Å². The molecule has 1 aromatic rings. The quantitative estimate of drug-likeness (QED) is 0.375. The molecule has 0 amide bonds. The van der Waals surface area contributed by atoms with Crippen molar-refractivity contribution in [2.24, 2.45) is 5.73 Å². The minimum atomic E-state index is -0.782. The predicted molar refractivity (Wildman–Crippen MR) is 84.5 cm³/mol. The van der Waals surface area contributed by atoms with Gasteiger partial charge in [0.1, 0.15) is 16.8 Å². The zero-order valence-corrected chi connectivity index (χ0v) is 14.2. The van der Waals surface area contributed by atoms with Gasteiger partial charge in [0.15, 0.2) is 17.5 Å². The number of rotatable bonds is 3. The average Bonchev–Trinajstić information content (AvgIpc) is 2.66. The fourth-order valence-electron chi connectivity index (χ4n) is 1.56. The van der Waals surface area contributed by atoms with E-state index in [1.807, 2.05) is 0 Å². The summed E-state index contributed by atoms with van der Waals surface area (Å²) in [6.07, 6.45) is 0. The third kappa shape index (κ3) is 5.61. The lowest BCUT2D eigenvalue weighted by atomic mass is 10.1. The van der Waals surface area contributed by atoms with Gasteiger partial charge in [0.2, 0.25) is 0 Å². The van der Waals surface area contributed by atoms with Gasteiger partial charge in [-0.1, -0.05) is 0 Å². The van der Waals surface area contributed by atoms with Crippen molar-refractivity contribution in [3.8, 4) is 0 Å². The SMILES string of the molecule is CC(C)(C)OC(=O)c1[nH]nc(NC(=N)N)c1C(=O)OC(C)(C)C. The molecule has 0 fully saturated rings. The lowest BCUT2D eigenvalue weighted by molar-refractivity contribution is 0.00160. The van der Waals surface area contributed by atoms with Gasteiger partial charge >= 0.3 is 11.9 Å². The van der Waals surface area contributed by atoms with E-state index < -0.39 is 29.1 Å². The molecule has 0 unspecified atom stereocenters. The molecule has 0 aromatic carbocycles. The Labute approximate surface area is 134 Å². The second kappa shape index (κ2) is 6.27. The summed E-state index contributed by atoms with van der Waals surface area (Å²) in [5, 5.41) is 15.9. The molecule has 0 atom stereocenters. The molecule has 23 heavy (non-hydrogen) atoms. The standard InChI is InChI=1S/C14H23N5O4/c1-13(2,3)22-10(20)7-8(11(21)23-14(4,5)6)18-19-9(7)17-12(15)16/h1-6H3,(H5,15,16,17,18,19). The number of aromatic amines is 1. The van der Waals surface area contributed by atoms with Crippen molar-refractivity contribution in [3.05, 3.63) is 11.3 Å². The fraction of sp³-hybridized carbons (Fsp3) is 0.571. The molecule has 9 nitrogen and oxygen atoms in total. The van der Waals surface area contributed by atoms with E-state index in [9.17, 15) is 9.59 Å². The summed E-state index contributed by atoms with van der Waals surface area (Å²) in [4.78, 5) is 24.6. The Morgan fingerprint density at radius 1 is 1.09 bits per heavy atom. The number of aromatic nitrogens is 2. The smallest absolute Gasteiger partial charge is 0.357 e. The van der Waals surface area contributed by atoms with Crippen LogP contribution in [0.2, 0.25) is 0 Å². The van der Waals surface area contributed by atoms with E-state index in [4.69, 9.17) is 20.6 Å². The molecule has 0 aliphatic carbocycles. The van der Waals surface area contributed by atoms with Gasteiger partial charge in [-0.2, -0.15) is 5.10 Å². The Balaban J connectivity index is 3.26. The molecule has 9 heteroatoms. The van der Waals surface area contributed by atoms with Crippen LogP contribution in [0, 0.1) is 5.41 Å². The molecular formula is C14H23N5O4. The molecule has 0 radical (unpaired) electrons. The normalized spacial score (nSPS) is 11.7. The van der Waals surface area contributed by atoms with Gasteiger partial charge in [0.25, 0.3) is 0 Å². The van der Waals surface area contributed by atoms with Crippen LogP contribution in [-0.4, -0.2) is 39.3 Å². The van der Waals surface area contributed by atoms with Crippen molar-refractivity contribution in [2.45, 2.75) is 52.7 Å². The highest BCUT2D eigenvalue weighted by Gasteiger charge is 2.31. The van der Waals surface area contributed by atoms with E-state index >= 15 is 0 Å². The van der Waals surface area contributed by atoms with Crippen LogP contribution in [0.3, 0.4) is 0 Å². The van der Waals surface area contributed by atoms with E-state index in [0.717, 1.165) is 0 Å². The molecule has 0 aliphatic rings. The van der Waals surface area contributed by atoms with Crippen molar-refractivity contribution >= 4 is 23.7 Å². The van der Waals surface area contributed by atoms with Crippen LogP contribution < -0.4 is 11.1 Å². The number of ether oxygens (including phenoxy) is 2. The maximum Gasteiger partial charge on any atom is 0.357 e. The third-order valence-corrected chi connectivity index (χ3v) is 2.23. The van der Waals surface area contributed by atoms with Crippen LogP contribution in [0.25, 0.3) is 0 Å². The summed E-state index contributed by atoms with van der Waals surface area (Å²) in [7, 11) is 0. The number of nitrogens with two attached hydrogens (primary N) is 1. The first-order chi connectivity index (χ1) is 10.3. The first-order valence-electron chi connectivity index (χ1n) is 6.96. The van der Waals surface area contributed by atoms with Gasteiger partial charge in [0, 0.05) is 0 Å². The van der Waals surface area contributed by atoms with Gasteiger partial charge < -0.3 is 20.5 Å². The molecule has 128 valence electrons. The van der Waals surface area contributed by atoms with Gasteiger partial charge in [-0.15, -0.1) is 0 Å². The Hall–Kier alpha value is -2.58. The maximum absolute atomic E-state index is 12.4.